The fraction of sp³-hybridized carbons (Fsp3) is 0.467. The molecule has 0 saturated carbocycles. The molecular weight excluding hydrogens is 483 g/mol. The topological polar surface area (TPSA) is 117 Å². The highest BCUT2D eigenvalue weighted by Gasteiger charge is 2.40. The molecule has 2 rings (SSSR count). The van der Waals surface area contributed by atoms with Crippen LogP contribution in [0.4, 0.5) is 0 Å². The second-order valence-electron chi connectivity index (χ2n) is 5.50. The Kier molecular flexibility index (Phi) is 7.01. The summed E-state index contributed by atoms with van der Waals surface area (Å²) in [6.07, 6.45) is -0.915. The summed E-state index contributed by atoms with van der Waals surface area (Å²) in [5.74, 6) is -1.04. The van der Waals surface area contributed by atoms with Crippen molar-refractivity contribution in [2.24, 2.45) is 0 Å². The normalized spacial score (nSPS) is 22.9. The Bertz CT molecular complexity index is 847. The van der Waals surface area contributed by atoms with Crippen LogP contribution in [0.1, 0.15) is 32.1 Å². The van der Waals surface area contributed by atoms with E-state index in [0.717, 1.165) is 4.57 Å². The molecule has 26 heavy (non-hydrogen) atoms. The summed E-state index contributed by atoms with van der Waals surface area (Å²) in [7, 11) is 0. The molecule has 9 nitrogen and oxygen atoms in total. The van der Waals surface area contributed by atoms with E-state index < -0.39 is 41.6 Å². The molecule has 3 atom stereocenters. The van der Waals surface area contributed by atoms with E-state index in [1.54, 1.807) is 0 Å². The van der Waals surface area contributed by atoms with E-state index >= 15 is 0 Å². The number of nitrogens with zero attached hydrogens (tertiary/aromatic N) is 1. The number of hydrogen-bond donors (Lipinski definition) is 1. The van der Waals surface area contributed by atoms with Crippen molar-refractivity contribution >= 4 is 51.2 Å². The standard InChI is InChI=1S/C15H16ClIN2O7/c1-7(20)24-6-9-3-12(25-8(2)21)14(26-9)19-5-10(11(16)4-17)13(22)18-15(19)23/h4-5,9,12,14H,3,6H2,1-2H3,(H,18,22,23)/b11-4+/t9-,12+,14+/m0/s1. The number of carbonyl (C=O) groups is 2. The first-order chi connectivity index (χ1) is 12.2. The molecule has 0 bridgehead atoms. The van der Waals surface area contributed by atoms with Crippen molar-refractivity contribution in [3.63, 3.8) is 0 Å². The first-order valence-electron chi connectivity index (χ1n) is 7.50. The number of halogens is 2. The molecule has 0 unspecified atom stereocenters. The molecule has 1 aromatic rings. The molecule has 0 spiro atoms. The smallest absolute Gasteiger partial charge is 0.330 e. The van der Waals surface area contributed by atoms with Crippen LogP contribution in [0.3, 0.4) is 0 Å². The van der Waals surface area contributed by atoms with E-state index in [0.29, 0.717) is 0 Å². The van der Waals surface area contributed by atoms with Crippen LogP contribution < -0.4 is 11.2 Å². The molecule has 11 heteroatoms. The number of aromatic amines is 1. The maximum atomic E-state index is 12.2. The number of hydrogen-bond acceptors (Lipinski definition) is 7. The molecule has 142 valence electrons. The Morgan fingerprint density at radius 2 is 2.12 bits per heavy atom. The molecule has 1 aliphatic rings. The maximum Gasteiger partial charge on any atom is 0.330 e. The molecule has 0 aliphatic carbocycles. The molecule has 1 saturated heterocycles. The lowest BCUT2D eigenvalue weighted by Crippen LogP contribution is -2.37. The fourth-order valence-corrected chi connectivity index (χ4v) is 2.97. The van der Waals surface area contributed by atoms with Gasteiger partial charge >= 0.3 is 17.6 Å². The summed E-state index contributed by atoms with van der Waals surface area (Å²) in [5, 5.41) is 0.138. The van der Waals surface area contributed by atoms with Gasteiger partial charge in [0, 0.05) is 26.5 Å². The first kappa shape index (κ1) is 20.6. The quantitative estimate of drug-likeness (QED) is 0.480. The van der Waals surface area contributed by atoms with Gasteiger partial charge in [0.2, 0.25) is 0 Å². The predicted octanol–water partition coefficient (Wildman–Crippen LogP) is 1.29. The number of rotatable bonds is 5. The largest absolute Gasteiger partial charge is 0.463 e. The molecule has 1 aliphatic heterocycles. The number of nitrogens with one attached hydrogen (secondary N) is 1. The van der Waals surface area contributed by atoms with Crippen molar-refractivity contribution in [3.05, 3.63) is 36.7 Å². The number of esters is 2. The van der Waals surface area contributed by atoms with Crippen LogP contribution >= 0.6 is 34.2 Å². The van der Waals surface area contributed by atoms with Gasteiger partial charge in [-0.3, -0.25) is 23.9 Å². The van der Waals surface area contributed by atoms with Crippen LogP contribution in [0.2, 0.25) is 0 Å². The van der Waals surface area contributed by atoms with Gasteiger partial charge in [-0.05, 0) is 4.08 Å². The molecule has 0 aromatic carbocycles. The third-order valence-electron chi connectivity index (χ3n) is 3.53. The highest BCUT2D eigenvalue weighted by atomic mass is 127. The molecule has 1 fully saturated rings. The van der Waals surface area contributed by atoms with E-state index in [2.05, 4.69) is 4.98 Å². The van der Waals surface area contributed by atoms with E-state index in [1.165, 1.54) is 24.1 Å². The van der Waals surface area contributed by atoms with Gasteiger partial charge in [-0.1, -0.05) is 34.2 Å². The monoisotopic (exact) mass is 498 g/mol. The Morgan fingerprint density at radius 1 is 1.42 bits per heavy atom. The van der Waals surface area contributed by atoms with Gasteiger partial charge < -0.3 is 14.2 Å². The van der Waals surface area contributed by atoms with E-state index in [4.69, 9.17) is 25.8 Å². The minimum atomic E-state index is -0.999. The summed E-state index contributed by atoms with van der Waals surface area (Å²) < 4.78 is 18.4. The van der Waals surface area contributed by atoms with Crippen LogP contribution in [-0.4, -0.2) is 40.3 Å². The first-order valence-corrected chi connectivity index (χ1v) is 9.13. The summed E-state index contributed by atoms with van der Waals surface area (Å²) in [5.41, 5.74) is -1.33. The van der Waals surface area contributed by atoms with Gasteiger partial charge in [0.15, 0.2) is 6.23 Å². The van der Waals surface area contributed by atoms with Crippen molar-refractivity contribution in [1.29, 1.82) is 0 Å². The summed E-state index contributed by atoms with van der Waals surface area (Å²) in [6, 6.07) is 0. The summed E-state index contributed by atoms with van der Waals surface area (Å²) in [6.45, 7) is 2.43. The second-order valence-corrected chi connectivity index (χ2v) is 6.53. The van der Waals surface area contributed by atoms with Gasteiger partial charge in [-0.15, -0.1) is 0 Å². The van der Waals surface area contributed by atoms with Crippen LogP contribution in [0.25, 0.3) is 5.03 Å². The van der Waals surface area contributed by atoms with Crippen LogP contribution in [0.15, 0.2) is 19.9 Å². The number of ether oxygens (including phenoxy) is 3. The predicted molar refractivity (Wildman–Crippen MR) is 99.9 cm³/mol. The Labute approximate surface area is 166 Å². The molecule has 0 radical (unpaired) electrons. The highest BCUT2D eigenvalue weighted by molar-refractivity contribution is 14.1. The molecule has 1 aromatic heterocycles. The molecular formula is C15H16ClIN2O7. The Balaban J connectivity index is 2.39. The Morgan fingerprint density at radius 3 is 2.69 bits per heavy atom. The lowest BCUT2D eigenvalue weighted by molar-refractivity contribution is -0.153. The van der Waals surface area contributed by atoms with Crippen LogP contribution in [0, 0.1) is 0 Å². The zero-order valence-electron chi connectivity index (χ0n) is 13.9. The maximum absolute atomic E-state index is 12.2. The van der Waals surface area contributed by atoms with Crippen molar-refractivity contribution in [1.82, 2.24) is 9.55 Å². The third-order valence-corrected chi connectivity index (χ3v) is 4.83. The van der Waals surface area contributed by atoms with Gasteiger partial charge in [0.1, 0.15) is 12.7 Å². The Hall–Kier alpha value is -1.66. The zero-order chi connectivity index (χ0) is 19.4. The van der Waals surface area contributed by atoms with Crippen LogP contribution in [-0.2, 0) is 23.8 Å². The number of aromatic nitrogens is 2. The minimum Gasteiger partial charge on any atom is -0.463 e. The SMILES string of the molecule is CC(=O)OC[C@@H]1C[C@@H](OC(C)=O)[C@H](n2cc(/C(Cl)=C\I)c(=O)[nH]c2=O)O1. The summed E-state index contributed by atoms with van der Waals surface area (Å²) in [4.78, 5) is 48.7. The number of carbonyl (C=O) groups excluding carboxylic acids is 2. The van der Waals surface area contributed by atoms with Gasteiger partial charge in [-0.2, -0.15) is 0 Å². The van der Waals surface area contributed by atoms with Crippen molar-refractivity contribution < 1.29 is 23.8 Å². The third kappa shape index (κ3) is 4.95. The molecule has 1 N–H and O–H groups in total. The average Bonchev–Trinajstić information content (AvgIpc) is 2.94. The highest BCUT2D eigenvalue weighted by Crippen LogP contribution is 2.31. The number of H-pyrrole nitrogens is 1. The average molecular weight is 499 g/mol. The van der Waals surface area contributed by atoms with Gasteiger partial charge in [-0.25, -0.2) is 4.79 Å². The van der Waals surface area contributed by atoms with E-state index in [1.807, 2.05) is 22.6 Å². The van der Waals surface area contributed by atoms with E-state index in [-0.39, 0.29) is 23.6 Å². The fourth-order valence-electron chi connectivity index (χ4n) is 2.50. The van der Waals surface area contributed by atoms with Crippen molar-refractivity contribution in [3.8, 4) is 0 Å². The van der Waals surface area contributed by atoms with Gasteiger partial charge in [0.25, 0.3) is 5.56 Å². The van der Waals surface area contributed by atoms with Crippen LogP contribution in [0.5, 0.6) is 0 Å². The minimum absolute atomic E-state index is 0.0526. The van der Waals surface area contributed by atoms with Crippen molar-refractivity contribution in [2.45, 2.75) is 38.7 Å². The lowest BCUT2D eigenvalue weighted by atomic mass is 10.2. The lowest BCUT2D eigenvalue weighted by Gasteiger charge is -2.20. The van der Waals surface area contributed by atoms with E-state index in [9.17, 15) is 19.2 Å². The summed E-state index contributed by atoms with van der Waals surface area (Å²) >= 11 is 7.85. The second kappa shape index (κ2) is 8.82. The zero-order valence-corrected chi connectivity index (χ0v) is 16.8. The van der Waals surface area contributed by atoms with Gasteiger partial charge in [0.05, 0.1) is 16.7 Å². The molecule has 0 amide bonds. The van der Waals surface area contributed by atoms with Crippen molar-refractivity contribution in [2.75, 3.05) is 6.61 Å². The molecule has 2 heterocycles.